The number of imide groups is 1. The predicted octanol–water partition coefficient (Wildman–Crippen LogP) is 2.20. The molecule has 3 rings (SSSR count). The highest BCUT2D eigenvalue weighted by Crippen LogP contribution is 2.26. The van der Waals surface area contributed by atoms with Crippen molar-refractivity contribution in [3.8, 4) is 0 Å². The minimum absolute atomic E-state index is 0.0904. The molecule has 0 saturated carbocycles. The molecule has 1 saturated heterocycles. The third kappa shape index (κ3) is 4.57. The number of anilines is 1. The van der Waals surface area contributed by atoms with Crippen molar-refractivity contribution < 1.29 is 22.8 Å². The fourth-order valence-electron chi connectivity index (χ4n) is 2.86. The molecule has 0 bridgehead atoms. The first kappa shape index (κ1) is 20.8. The maximum absolute atomic E-state index is 12.3. The average Bonchev–Trinajstić information content (AvgIpc) is 2.93. The van der Waals surface area contributed by atoms with E-state index in [0.29, 0.717) is 16.3 Å². The molecule has 1 atom stereocenters. The number of urea groups is 1. The molecule has 2 aromatic carbocycles. The molecular weight excluding hydrogens is 418 g/mol. The fraction of sp³-hybridized carbons (Fsp3) is 0.211. The van der Waals surface area contributed by atoms with Gasteiger partial charge in [-0.15, -0.1) is 0 Å². The molecular formula is C19H18ClN3O5S. The van der Waals surface area contributed by atoms with Crippen molar-refractivity contribution in [2.75, 3.05) is 11.1 Å². The maximum Gasteiger partial charge on any atom is 0.322 e. The first-order chi connectivity index (χ1) is 13.6. The number of amides is 4. The lowest BCUT2D eigenvalue weighted by molar-refractivity contribution is -0.123. The van der Waals surface area contributed by atoms with Gasteiger partial charge in [0, 0.05) is 17.1 Å². The first-order valence-electron chi connectivity index (χ1n) is 8.62. The molecule has 29 heavy (non-hydrogen) atoms. The summed E-state index contributed by atoms with van der Waals surface area (Å²) in [6.45, 7) is 1.55. The van der Waals surface area contributed by atoms with Crippen LogP contribution in [0.4, 0.5) is 10.5 Å². The first-order valence-corrected chi connectivity index (χ1v) is 10.7. The van der Waals surface area contributed by atoms with Crippen LogP contribution in [0.15, 0.2) is 53.4 Å². The molecule has 1 unspecified atom stereocenters. The van der Waals surface area contributed by atoms with Crippen LogP contribution >= 0.6 is 11.6 Å². The van der Waals surface area contributed by atoms with Gasteiger partial charge < -0.3 is 10.6 Å². The normalized spacial score (nSPS) is 18.8. The van der Waals surface area contributed by atoms with Gasteiger partial charge in [0.1, 0.15) is 5.54 Å². The summed E-state index contributed by atoms with van der Waals surface area (Å²) in [6, 6.07) is 11.5. The molecule has 1 heterocycles. The van der Waals surface area contributed by atoms with Crippen LogP contribution in [-0.2, 0) is 25.0 Å². The Kier molecular flexibility index (Phi) is 5.63. The molecule has 3 N–H and O–H groups in total. The molecule has 1 aliphatic rings. The zero-order valence-corrected chi connectivity index (χ0v) is 16.9. The van der Waals surface area contributed by atoms with E-state index >= 15 is 0 Å². The number of benzene rings is 2. The van der Waals surface area contributed by atoms with Gasteiger partial charge in [-0.3, -0.25) is 14.9 Å². The molecule has 1 aliphatic heterocycles. The molecule has 2 aromatic rings. The Morgan fingerprint density at radius 2 is 1.83 bits per heavy atom. The molecule has 8 nitrogen and oxygen atoms in total. The second kappa shape index (κ2) is 7.84. The van der Waals surface area contributed by atoms with Crippen LogP contribution in [0.3, 0.4) is 0 Å². The molecule has 10 heteroatoms. The highest BCUT2D eigenvalue weighted by atomic mass is 35.5. The smallest absolute Gasteiger partial charge is 0.322 e. The van der Waals surface area contributed by atoms with Gasteiger partial charge >= 0.3 is 6.03 Å². The molecule has 0 radical (unpaired) electrons. The number of sulfone groups is 1. The van der Waals surface area contributed by atoms with E-state index in [-0.39, 0.29) is 17.1 Å². The summed E-state index contributed by atoms with van der Waals surface area (Å²) in [4.78, 5) is 35.8. The van der Waals surface area contributed by atoms with Crippen molar-refractivity contribution in [2.24, 2.45) is 0 Å². The summed E-state index contributed by atoms with van der Waals surface area (Å²) in [7, 11) is -3.63. The van der Waals surface area contributed by atoms with E-state index in [9.17, 15) is 22.8 Å². The second-order valence-electron chi connectivity index (χ2n) is 6.69. The number of nitrogens with one attached hydrogen (secondary N) is 3. The number of carbonyl (C=O) groups excluding carboxylic acids is 3. The molecule has 0 spiro atoms. The Balaban J connectivity index is 1.66. The Bertz CT molecular complexity index is 1090. The summed E-state index contributed by atoms with van der Waals surface area (Å²) in [5.74, 6) is -1.36. The van der Waals surface area contributed by atoms with Gasteiger partial charge in [0.05, 0.1) is 10.6 Å². The summed E-state index contributed by atoms with van der Waals surface area (Å²) in [5, 5.41) is 7.75. The SMILES string of the molecule is CC1(c2cccc(NC(=O)CCS(=O)(=O)c3ccc(Cl)cc3)c2)NC(=O)NC1=O. The molecule has 0 aliphatic carbocycles. The van der Waals surface area contributed by atoms with E-state index in [1.54, 1.807) is 31.2 Å². The third-order valence-corrected chi connectivity index (χ3v) is 6.52. The van der Waals surface area contributed by atoms with Gasteiger partial charge in [0.25, 0.3) is 5.91 Å². The summed E-state index contributed by atoms with van der Waals surface area (Å²) in [5.41, 5.74) is -0.394. The van der Waals surface area contributed by atoms with Gasteiger partial charge in [0.15, 0.2) is 9.84 Å². The Morgan fingerprint density at radius 1 is 1.14 bits per heavy atom. The Morgan fingerprint density at radius 3 is 2.45 bits per heavy atom. The van der Waals surface area contributed by atoms with Gasteiger partial charge in [-0.2, -0.15) is 0 Å². The quantitative estimate of drug-likeness (QED) is 0.600. The largest absolute Gasteiger partial charge is 0.326 e. The summed E-state index contributed by atoms with van der Waals surface area (Å²) >= 11 is 5.76. The van der Waals surface area contributed by atoms with Crippen LogP contribution in [-0.4, -0.2) is 32.0 Å². The maximum atomic E-state index is 12.3. The average molecular weight is 436 g/mol. The van der Waals surface area contributed by atoms with Crippen molar-refractivity contribution in [3.05, 3.63) is 59.1 Å². The molecule has 4 amide bonds. The Hall–Kier alpha value is -2.91. The topological polar surface area (TPSA) is 121 Å². The highest BCUT2D eigenvalue weighted by Gasteiger charge is 2.43. The number of hydrogen-bond donors (Lipinski definition) is 3. The van der Waals surface area contributed by atoms with Crippen molar-refractivity contribution in [1.82, 2.24) is 10.6 Å². The summed E-state index contributed by atoms with van der Waals surface area (Å²) < 4.78 is 24.7. The standard InChI is InChI=1S/C19H18ClN3O5S/c1-19(17(25)22-18(26)23-19)12-3-2-4-14(11-12)21-16(24)9-10-29(27,28)15-7-5-13(20)6-8-15/h2-8,11H,9-10H2,1H3,(H,21,24)(H2,22,23,25,26). The van der Waals surface area contributed by atoms with E-state index < -0.39 is 33.2 Å². The number of halogens is 1. The van der Waals surface area contributed by atoms with E-state index in [1.807, 2.05) is 0 Å². The van der Waals surface area contributed by atoms with Crippen LogP contribution in [0.2, 0.25) is 5.02 Å². The number of hydrogen-bond acceptors (Lipinski definition) is 5. The van der Waals surface area contributed by atoms with Crippen molar-refractivity contribution in [1.29, 1.82) is 0 Å². The Labute approximate surface area is 172 Å². The molecule has 152 valence electrons. The lowest BCUT2D eigenvalue weighted by atomic mass is 9.92. The zero-order chi connectivity index (χ0) is 21.2. The summed E-state index contributed by atoms with van der Waals surface area (Å²) in [6.07, 6.45) is -0.246. The van der Waals surface area contributed by atoms with Crippen LogP contribution in [0.25, 0.3) is 0 Å². The molecule has 1 fully saturated rings. The van der Waals surface area contributed by atoms with Crippen LogP contribution in [0, 0.1) is 0 Å². The van der Waals surface area contributed by atoms with Crippen molar-refractivity contribution in [3.63, 3.8) is 0 Å². The van der Waals surface area contributed by atoms with Crippen molar-refractivity contribution >= 4 is 45.0 Å². The van der Waals surface area contributed by atoms with Gasteiger partial charge in [-0.05, 0) is 48.9 Å². The van der Waals surface area contributed by atoms with Gasteiger partial charge in [0.2, 0.25) is 5.91 Å². The van der Waals surface area contributed by atoms with Crippen LogP contribution < -0.4 is 16.0 Å². The lowest BCUT2D eigenvalue weighted by Gasteiger charge is -2.21. The van der Waals surface area contributed by atoms with Crippen LogP contribution in [0.1, 0.15) is 18.9 Å². The lowest BCUT2D eigenvalue weighted by Crippen LogP contribution is -2.40. The predicted molar refractivity (Wildman–Crippen MR) is 107 cm³/mol. The van der Waals surface area contributed by atoms with E-state index in [0.717, 1.165) is 0 Å². The van der Waals surface area contributed by atoms with Crippen LogP contribution in [0.5, 0.6) is 0 Å². The minimum Gasteiger partial charge on any atom is -0.326 e. The number of carbonyl (C=O) groups is 3. The van der Waals surface area contributed by atoms with E-state index in [2.05, 4.69) is 16.0 Å². The number of rotatable bonds is 6. The molecule has 0 aromatic heterocycles. The zero-order valence-electron chi connectivity index (χ0n) is 15.4. The fourth-order valence-corrected chi connectivity index (χ4v) is 4.23. The van der Waals surface area contributed by atoms with Crippen molar-refractivity contribution in [2.45, 2.75) is 23.8 Å². The van der Waals surface area contributed by atoms with Gasteiger partial charge in [-0.25, -0.2) is 13.2 Å². The third-order valence-electron chi connectivity index (χ3n) is 4.54. The van der Waals surface area contributed by atoms with E-state index in [1.165, 1.54) is 24.3 Å². The second-order valence-corrected chi connectivity index (χ2v) is 9.23. The van der Waals surface area contributed by atoms with E-state index in [4.69, 9.17) is 11.6 Å². The monoisotopic (exact) mass is 435 g/mol. The minimum atomic E-state index is -3.63. The van der Waals surface area contributed by atoms with Gasteiger partial charge in [-0.1, -0.05) is 23.7 Å². The highest BCUT2D eigenvalue weighted by molar-refractivity contribution is 7.91.